The Balaban J connectivity index is 2.11. The third kappa shape index (κ3) is 1.46. The van der Waals surface area contributed by atoms with Crippen molar-refractivity contribution >= 4 is 5.91 Å². The highest BCUT2D eigenvalue weighted by atomic mass is 16.3. The van der Waals surface area contributed by atoms with Gasteiger partial charge in [0.05, 0.1) is 12.1 Å². The van der Waals surface area contributed by atoms with E-state index in [9.17, 15) is 15.0 Å². The lowest BCUT2D eigenvalue weighted by atomic mass is 9.84. The van der Waals surface area contributed by atoms with Crippen molar-refractivity contribution < 1.29 is 15.0 Å². The number of phenols is 2. The quantitative estimate of drug-likeness (QED) is 0.482. The molecule has 90 valence electrons. The normalized spacial score (nSPS) is 30.6. The van der Waals surface area contributed by atoms with Gasteiger partial charge in [0.1, 0.15) is 0 Å². The number of hydrogen-bond acceptors (Lipinski definition) is 4. The smallest absolute Gasteiger partial charge is 0.237 e. The van der Waals surface area contributed by atoms with Crippen molar-refractivity contribution in [2.45, 2.75) is 31.5 Å². The Labute approximate surface area is 98.5 Å². The molecule has 2 heterocycles. The van der Waals surface area contributed by atoms with Crippen LogP contribution in [0.2, 0.25) is 0 Å². The SMILES string of the molecule is C[C@@H]1NC(=O)[C@@H]2Cc3cc(O)c(O)cc3[C@H]1N2. The van der Waals surface area contributed by atoms with Crippen LogP contribution >= 0.6 is 0 Å². The molecule has 0 unspecified atom stereocenters. The number of carbonyl (C=O) groups excluding carboxylic acids is 1. The summed E-state index contributed by atoms with van der Waals surface area (Å²) < 4.78 is 0. The van der Waals surface area contributed by atoms with E-state index in [1.165, 1.54) is 0 Å². The van der Waals surface area contributed by atoms with Crippen molar-refractivity contribution in [2.24, 2.45) is 0 Å². The maximum Gasteiger partial charge on any atom is 0.237 e. The molecular weight excluding hydrogens is 220 g/mol. The number of carbonyl (C=O) groups is 1. The molecule has 2 bridgehead atoms. The fourth-order valence-electron chi connectivity index (χ4n) is 2.68. The van der Waals surface area contributed by atoms with Gasteiger partial charge < -0.3 is 15.5 Å². The van der Waals surface area contributed by atoms with Gasteiger partial charge in [0.15, 0.2) is 11.5 Å². The van der Waals surface area contributed by atoms with Gasteiger partial charge >= 0.3 is 0 Å². The van der Waals surface area contributed by atoms with Gasteiger partial charge in [-0.05, 0) is 36.6 Å². The molecule has 1 aromatic carbocycles. The molecule has 4 N–H and O–H groups in total. The summed E-state index contributed by atoms with van der Waals surface area (Å²) in [6.45, 7) is 1.92. The Morgan fingerprint density at radius 1 is 1.29 bits per heavy atom. The van der Waals surface area contributed by atoms with Gasteiger partial charge in [-0.2, -0.15) is 0 Å². The zero-order chi connectivity index (χ0) is 12.2. The fourth-order valence-corrected chi connectivity index (χ4v) is 2.68. The van der Waals surface area contributed by atoms with E-state index in [4.69, 9.17) is 0 Å². The first-order valence-electron chi connectivity index (χ1n) is 5.67. The fraction of sp³-hybridized carbons (Fsp3) is 0.417. The molecule has 1 amide bonds. The minimum absolute atomic E-state index is 0.00653. The van der Waals surface area contributed by atoms with Gasteiger partial charge in [0.25, 0.3) is 0 Å². The molecule has 0 radical (unpaired) electrons. The van der Waals surface area contributed by atoms with Crippen LogP contribution in [0.1, 0.15) is 24.1 Å². The molecule has 2 aliphatic rings. The summed E-state index contributed by atoms with van der Waals surface area (Å²) in [5, 5.41) is 25.2. The van der Waals surface area contributed by atoms with Crippen LogP contribution in [0.25, 0.3) is 0 Å². The van der Waals surface area contributed by atoms with E-state index in [1.807, 2.05) is 6.92 Å². The summed E-state index contributed by atoms with van der Waals surface area (Å²) in [6, 6.07) is 2.85. The molecule has 5 heteroatoms. The third-order valence-electron chi connectivity index (χ3n) is 3.56. The highest BCUT2D eigenvalue weighted by Crippen LogP contribution is 2.37. The molecule has 3 atom stereocenters. The number of aromatic hydroxyl groups is 2. The molecule has 0 aromatic heterocycles. The molecule has 5 nitrogen and oxygen atoms in total. The van der Waals surface area contributed by atoms with Crippen LogP contribution in [0.4, 0.5) is 0 Å². The number of fused-ring (bicyclic) bond motifs is 4. The standard InChI is InChI=1S/C12H14N2O3/c1-5-11-7-4-10(16)9(15)3-6(7)2-8(14-11)12(17)13-5/h3-5,8,11,14-16H,2H2,1H3,(H,13,17)/t5-,8-,11-/m0/s1. The largest absolute Gasteiger partial charge is 0.504 e. The summed E-state index contributed by atoms with van der Waals surface area (Å²) in [5.41, 5.74) is 1.87. The Bertz CT molecular complexity index is 501. The van der Waals surface area contributed by atoms with E-state index in [2.05, 4.69) is 10.6 Å². The molecule has 2 aliphatic heterocycles. The predicted octanol–water partition coefficient (Wildman–Crippen LogP) is 0.171. The van der Waals surface area contributed by atoms with E-state index >= 15 is 0 Å². The van der Waals surface area contributed by atoms with Crippen LogP contribution in [0.5, 0.6) is 11.5 Å². The highest BCUT2D eigenvalue weighted by molar-refractivity contribution is 5.84. The van der Waals surface area contributed by atoms with Gasteiger partial charge in [0, 0.05) is 6.04 Å². The first kappa shape index (κ1) is 10.4. The second kappa shape index (κ2) is 3.37. The van der Waals surface area contributed by atoms with Crippen molar-refractivity contribution in [3.63, 3.8) is 0 Å². The zero-order valence-electron chi connectivity index (χ0n) is 9.40. The molecular formula is C12H14N2O3. The van der Waals surface area contributed by atoms with E-state index < -0.39 is 0 Å². The van der Waals surface area contributed by atoms with Crippen molar-refractivity contribution in [3.05, 3.63) is 23.3 Å². The molecule has 0 spiro atoms. The maximum atomic E-state index is 11.7. The Morgan fingerprint density at radius 2 is 2.00 bits per heavy atom. The van der Waals surface area contributed by atoms with Crippen LogP contribution in [0.15, 0.2) is 12.1 Å². The lowest BCUT2D eigenvalue weighted by Gasteiger charge is -2.41. The molecule has 3 rings (SSSR count). The van der Waals surface area contributed by atoms with E-state index in [-0.39, 0.29) is 35.5 Å². The summed E-state index contributed by atoms with van der Waals surface area (Å²) in [6.07, 6.45) is 0.540. The van der Waals surface area contributed by atoms with Gasteiger partial charge in [-0.1, -0.05) is 0 Å². The molecule has 1 saturated heterocycles. The van der Waals surface area contributed by atoms with E-state index in [0.29, 0.717) is 6.42 Å². The predicted molar refractivity (Wildman–Crippen MR) is 60.7 cm³/mol. The number of phenolic OH excluding ortho intramolecular Hbond substituents is 2. The van der Waals surface area contributed by atoms with Crippen LogP contribution < -0.4 is 10.6 Å². The van der Waals surface area contributed by atoms with Crippen molar-refractivity contribution in [3.8, 4) is 11.5 Å². The van der Waals surface area contributed by atoms with E-state index in [1.54, 1.807) is 12.1 Å². The summed E-state index contributed by atoms with van der Waals surface area (Å²) in [5.74, 6) is -0.253. The van der Waals surface area contributed by atoms with Crippen molar-refractivity contribution in [1.82, 2.24) is 10.6 Å². The number of rotatable bonds is 0. The lowest BCUT2D eigenvalue weighted by molar-refractivity contribution is -0.126. The minimum Gasteiger partial charge on any atom is -0.504 e. The van der Waals surface area contributed by atoms with Crippen LogP contribution in [0.3, 0.4) is 0 Å². The highest BCUT2D eigenvalue weighted by Gasteiger charge is 2.39. The molecule has 1 aromatic rings. The topological polar surface area (TPSA) is 81.6 Å². The number of benzene rings is 1. The van der Waals surface area contributed by atoms with Gasteiger partial charge in [-0.25, -0.2) is 0 Å². The van der Waals surface area contributed by atoms with Crippen LogP contribution in [-0.4, -0.2) is 28.2 Å². The van der Waals surface area contributed by atoms with Crippen LogP contribution in [0, 0.1) is 0 Å². The second-order valence-electron chi connectivity index (χ2n) is 4.74. The zero-order valence-corrected chi connectivity index (χ0v) is 9.40. The average Bonchev–Trinajstić information content (AvgIpc) is 2.28. The number of nitrogens with one attached hydrogen (secondary N) is 2. The summed E-state index contributed by atoms with van der Waals surface area (Å²) in [4.78, 5) is 11.7. The van der Waals surface area contributed by atoms with Gasteiger partial charge in [0.2, 0.25) is 5.91 Å². The first-order chi connectivity index (χ1) is 8.06. The lowest BCUT2D eigenvalue weighted by Crippen LogP contribution is -2.61. The second-order valence-corrected chi connectivity index (χ2v) is 4.74. The average molecular weight is 234 g/mol. The molecule has 0 aliphatic carbocycles. The summed E-state index contributed by atoms with van der Waals surface area (Å²) >= 11 is 0. The van der Waals surface area contributed by atoms with Crippen molar-refractivity contribution in [1.29, 1.82) is 0 Å². The Morgan fingerprint density at radius 3 is 2.76 bits per heavy atom. The Kier molecular flexibility index (Phi) is 2.06. The Hall–Kier alpha value is -1.75. The number of piperazine rings is 1. The van der Waals surface area contributed by atoms with Crippen molar-refractivity contribution in [2.75, 3.05) is 0 Å². The summed E-state index contributed by atoms with van der Waals surface area (Å²) in [7, 11) is 0. The molecule has 0 saturated carbocycles. The minimum atomic E-state index is -0.243. The molecule has 17 heavy (non-hydrogen) atoms. The number of amides is 1. The van der Waals surface area contributed by atoms with Crippen LogP contribution in [-0.2, 0) is 11.2 Å². The first-order valence-corrected chi connectivity index (χ1v) is 5.67. The third-order valence-corrected chi connectivity index (χ3v) is 3.56. The monoisotopic (exact) mass is 234 g/mol. The van der Waals surface area contributed by atoms with E-state index in [0.717, 1.165) is 11.1 Å². The molecule has 1 fully saturated rings. The van der Waals surface area contributed by atoms with Gasteiger partial charge in [-0.15, -0.1) is 0 Å². The number of hydrogen-bond donors (Lipinski definition) is 4. The van der Waals surface area contributed by atoms with Gasteiger partial charge in [-0.3, -0.25) is 10.1 Å². The maximum absolute atomic E-state index is 11.7.